The molecule has 0 aromatic carbocycles. The van der Waals surface area contributed by atoms with Gasteiger partial charge < -0.3 is 9.42 Å². The molecule has 1 aromatic heterocycles. The van der Waals surface area contributed by atoms with E-state index in [1.54, 1.807) is 13.8 Å². The second kappa shape index (κ2) is 6.72. The van der Waals surface area contributed by atoms with Crippen LogP contribution in [-0.2, 0) is 14.8 Å². The van der Waals surface area contributed by atoms with Crippen molar-refractivity contribution in [1.29, 1.82) is 0 Å². The summed E-state index contributed by atoms with van der Waals surface area (Å²) in [5, 5.41) is 3.75. The molecular formula is C17H27N3O4S. The van der Waals surface area contributed by atoms with E-state index in [0.717, 1.165) is 12.8 Å². The van der Waals surface area contributed by atoms with Gasteiger partial charge in [0, 0.05) is 31.1 Å². The Balaban J connectivity index is 1.68. The molecule has 3 rings (SSSR count). The highest BCUT2D eigenvalue weighted by Crippen LogP contribution is 2.33. The van der Waals surface area contributed by atoms with E-state index in [9.17, 15) is 13.2 Å². The number of carbonyl (C=O) groups excluding carboxylic acids is 1. The number of rotatable bonds is 5. The quantitative estimate of drug-likeness (QED) is 0.793. The van der Waals surface area contributed by atoms with Gasteiger partial charge in [-0.15, -0.1) is 0 Å². The Hall–Kier alpha value is -1.41. The molecule has 140 valence electrons. The van der Waals surface area contributed by atoms with Gasteiger partial charge in [-0.3, -0.25) is 4.79 Å². The third kappa shape index (κ3) is 3.46. The summed E-state index contributed by atoms with van der Waals surface area (Å²) in [6.07, 6.45) is 3.31. The minimum atomic E-state index is -3.62. The molecule has 0 spiro atoms. The van der Waals surface area contributed by atoms with Crippen LogP contribution in [0.5, 0.6) is 0 Å². The van der Waals surface area contributed by atoms with E-state index in [1.807, 2.05) is 18.7 Å². The van der Waals surface area contributed by atoms with E-state index in [1.165, 1.54) is 4.31 Å². The lowest BCUT2D eigenvalue weighted by atomic mass is 9.96. The molecule has 8 heteroatoms. The first-order chi connectivity index (χ1) is 11.7. The summed E-state index contributed by atoms with van der Waals surface area (Å²) in [6, 6.07) is 0.584. The molecule has 2 fully saturated rings. The van der Waals surface area contributed by atoms with Crippen LogP contribution < -0.4 is 0 Å². The van der Waals surface area contributed by atoms with Gasteiger partial charge in [0.2, 0.25) is 15.9 Å². The zero-order valence-electron chi connectivity index (χ0n) is 15.4. The predicted octanol–water partition coefficient (Wildman–Crippen LogP) is 2.09. The number of sulfonamides is 1. The van der Waals surface area contributed by atoms with Gasteiger partial charge in [-0.05, 0) is 53.4 Å². The molecule has 0 radical (unpaired) electrons. The van der Waals surface area contributed by atoms with Gasteiger partial charge in [0.05, 0.1) is 0 Å². The van der Waals surface area contributed by atoms with E-state index >= 15 is 0 Å². The Bertz CT molecular complexity index is 722. The van der Waals surface area contributed by atoms with Crippen LogP contribution in [0.25, 0.3) is 0 Å². The van der Waals surface area contributed by atoms with Gasteiger partial charge in [0.15, 0.2) is 5.76 Å². The first-order valence-electron chi connectivity index (χ1n) is 8.98. The third-order valence-electron chi connectivity index (χ3n) is 5.12. The average molecular weight is 369 g/mol. The fourth-order valence-corrected chi connectivity index (χ4v) is 5.50. The summed E-state index contributed by atoms with van der Waals surface area (Å²) >= 11 is 0. The lowest BCUT2D eigenvalue weighted by molar-refractivity contribution is -0.139. The van der Waals surface area contributed by atoms with Crippen molar-refractivity contribution in [3.8, 4) is 0 Å². The van der Waals surface area contributed by atoms with Crippen molar-refractivity contribution in [3.63, 3.8) is 0 Å². The summed E-state index contributed by atoms with van der Waals surface area (Å²) < 4.78 is 32.2. The average Bonchev–Trinajstić information content (AvgIpc) is 3.31. The van der Waals surface area contributed by atoms with Crippen molar-refractivity contribution < 1.29 is 17.7 Å². The van der Waals surface area contributed by atoms with Gasteiger partial charge >= 0.3 is 0 Å². The van der Waals surface area contributed by atoms with Crippen molar-refractivity contribution in [2.45, 2.75) is 70.4 Å². The highest BCUT2D eigenvalue weighted by molar-refractivity contribution is 7.89. The van der Waals surface area contributed by atoms with Crippen molar-refractivity contribution in [3.05, 3.63) is 11.5 Å². The summed E-state index contributed by atoms with van der Waals surface area (Å²) in [5.74, 6) is 0.418. The lowest BCUT2D eigenvalue weighted by Crippen LogP contribution is -2.47. The van der Waals surface area contributed by atoms with E-state index in [0.29, 0.717) is 43.4 Å². The monoisotopic (exact) mass is 369 g/mol. The maximum Gasteiger partial charge on any atom is 0.248 e. The molecular weight excluding hydrogens is 342 g/mol. The number of nitrogens with zero attached hydrogens (tertiary/aromatic N) is 3. The Morgan fingerprint density at radius 2 is 1.80 bits per heavy atom. The molecule has 1 saturated carbocycles. The Labute approximate surface area is 149 Å². The van der Waals surface area contributed by atoms with Crippen LogP contribution >= 0.6 is 0 Å². The van der Waals surface area contributed by atoms with Crippen LogP contribution in [0.1, 0.15) is 51.0 Å². The lowest BCUT2D eigenvalue weighted by Gasteiger charge is -2.35. The van der Waals surface area contributed by atoms with Gasteiger partial charge in [-0.25, -0.2) is 8.42 Å². The zero-order chi connectivity index (χ0) is 18.4. The Kier molecular flexibility index (Phi) is 4.94. The molecule has 0 unspecified atom stereocenters. The normalized spacial score (nSPS) is 20.2. The molecule has 1 saturated heterocycles. The van der Waals surface area contributed by atoms with Crippen LogP contribution in [0, 0.1) is 19.8 Å². The third-order valence-corrected chi connectivity index (χ3v) is 7.26. The molecule has 1 aromatic rings. The number of hydrogen-bond acceptors (Lipinski definition) is 5. The topological polar surface area (TPSA) is 83.7 Å². The number of aromatic nitrogens is 1. The Morgan fingerprint density at radius 3 is 2.24 bits per heavy atom. The van der Waals surface area contributed by atoms with Gasteiger partial charge in [-0.1, -0.05) is 5.16 Å². The van der Waals surface area contributed by atoms with Crippen LogP contribution in [0.15, 0.2) is 9.42 Å². The molecule has 1 aliphatic heterocycles. The van der Waals surface area contributed by atoms with E-state index in [2.05, 4.69) is 5.16 Å². The molecule has 25 heavy (non-hydrogen) atoms. The van der Waals surface area contributed by atoms with Gasteiger partial charge in [0.25, 0.3) is 0 Å². The van der Waals surface area contributed by atoms with E-state index in [4.69, 9.17) is 4.52 Å². The molecule has 1 aliphatic carbocycles. The predicted molar refractivity (Wildman–Crippen MR) is 92.5 cm³/mol. The zero-order valence-corrected chi connectivity index (χ0v) is 16.2. The van der Waals surface area contributed by atoms with Gasteiger partial charge in [0.1, 0.15) is 10.6 Å². The molecule has 0 atom stereocenters. The SMILES string of the molecule is Cc1noc(C)c1S(=O)(=O)N1CCC(C(=O)N(C(C)C)C2CC2)CC1. The maximum atomic E-state index is 12.9. The summed E-state index contributed by atoms with van der Waals surface area (Å²) in [4.78, 5) is 15.0. The first kappa shape index (κ1) is 18.4. The van der Waals surface area contributed by atoms with Gasteiger partial charge in [-0.2, -0.15) is 4.31 Å². The second-order valence-electron chi connectivity index (χ2n) is 7.40. The Morgan fingerprint density at radius 1 is 1.20 bits per heavy atom. The fraction of sp³-hybridized carbons (Fsp3) is 0.765. The number of piperidine rings is 1. The van der Waals surface area contributed by atoms with Crippen molar-refractivity contribution >= 4 is 15.9 Å². The highest BCUT2D eigenvalue weighted by atomic mass is 32.2. The summed E-state index contributed by atoms with van der Waals surface area (Å²) in [5.41, 5.74) is 0.385. The first-order valence-corrected chi connectivity index (χ1v) is 10.4. The molecule has 7 nitrogen and oxygen atoms in total. The minimum absolute atomic E-state index is 0.0841. The fourth-order valence-electron chi connectivity index (χ4n) is 3.73. The van der Waals surface area contributed by atoms with Crippen LogP contribution in [-0.4, -0.2) is 53.9 Å². The smallest absolute Gasteiger partial charge is 0.248 e. The van der Waals surface area contributed by atoms with Crippen molar-refractivity contribution in [2.75, 3.05) is 13.1 Å². The molecule has 0 N–H and O–H groups in total. The number of aryl methyl sites for hydroxylation is 2. The second-order valence-corrected chi connectivity index (χ2v) is 9.28. The largest absolute Gasteiger partial charge is 0.360 e. The van der Waals surface area contributed by atoms with Crippen LogP contribution in [0.3, 0.4) is 0 Å². The van der Waals surface area contributed by atoms with Crippen molar-refractivity contribution in [1.82, 2.24) is 14.4 Å². The number of hydrogen-bond donors (Lipinski definition) is 0. The number of amides is 1. The highest BCUT2D eigenvalue weighted by Gasteiger charge is 2.40. The molecule has 1 amide bonds. The van der Waals surface area contributed by atoms with Crippen LogP contribution in [0.2, 0.25) is 0 Å². The molecule has 0 bridgehead atoms. The van der Waals surface area contributed by atoms with Crippen LogP contribution in [0.4, 0.5) is 0 Å². The van der Waals surface area contributed by atoms with E-state index < -0.39 is 10.0 Å². The molecule has 2 aliphatic rings. The maximum absolute atomic E-state index is 12.9. The van der Waals surface area contributed by atoms with E-state index in [-0.39, 0.29) is 22.8 Å². The number of carbonyl (C=O) groups is 1. The standard InChI is InChI=1S/C17H27N3O4S/c1-11(2)20(15-5-6-15)17(21)14-7-9-19(10-8-14)25(22,23)16-12(3)18-24-13(16)4/h11,14-15H,5-10H2,1-4H3. The minimum Gasteiger partial charge on any atom is -0.360 e. The summed E-state index contributed by atoms with van der Waals surface area (Å²) in [7, 11) is -3.62. The molecule has 2 heterocycles. The summed E-state index contributed by atoms with van der Waals surface area (Å²) in [6.45, 7) is 8.06. The van der Waals surface area contributed by atoms with Crippen molar-refractivity contribution in [2.24, 2.45) is 5.92 Å².